The molecule has 120 valence electrons. The summed E-state index contributed by atoms with van der Waals surface area (Å²) in [6.07, 6.45) is 5.07. The van der Waals surface area contributed by atoms with Gasteiger partial charge in [-0.15, -0.1) is 0 Å². The molecule has 5 aromatic rings. The van der Waals surface area contributed by atoms with Gasteiger partial charge in [-0.2, -0.15) is 0 Å². The highest BCUT2D eigenvalue weighted by Gasteiger charge is 2.21. The molecule has 0 aliphatic rings. The minimum Gasteiger partial charge on any atom is -0.507 e. The fourth-order valence-corrected chi connectivity index (χ4v) is 3.20. The Labute approximate surface area is 142 Å². The van der Waals surface area contributed by atoms with Gasteiger partial charge >= 0.3 is 0 Å². The van der Waals surface area contributed by atoms with Crippen molar-refractivity contribution in [1.82, 2.24) is 14.5 Å². The zero-order valence-corrected chi connectivity index (χ0v) is 13.1. The quantitative estimate of drug-likeness (QED) is 0.517. The van der Waals surface area contributed by atoms with Crippen LogP contribution in [0.2, 0.25) is 0 Å². The number of phenols is 1. The van der Waals surface area contributed by atoms with Crippen LogP contribution in [-0.2, 0) is 0 Å². The topological polar surface area (TPSA) is 64.1 Å². The van der Waals surface area contributed by atoms with Gasteiger partial charge in [0.15, 0.2) is 5.82 Å². The van der Waals surface area contributed by atoms with Crippen LogP contribution in [0.1, 0.15) is 0 Å². The molecule has 5 nitrogen and oxygen atoms in total. The Morgan fingerprint density at radius 2 is 1.88 bits per heavy atom. The zero-order chi connectivity index (χ0) is 16.8. The van der Waals surface area contributed by atoms with E-state index in [1.807, 2.05) is 53.1 Å². The molecule has 5 rings (SSSR count). The Balaban J connectivity index is 1.92. The van der Waals surface area contributed by atoms with E-state index in [1.165, 1.54) is 0 Å². The van der Waals surface area contributed by atoms with E-state index in [0.717, 1.165) is 22.0 Å². The van der Waals surface area contributed by atoms with Crippen molar-refractivity contribution in [3.63, 3.8) is 0 Å². The highest BCUT2D eigenvalue weighted by molar-refractivity contribution is 5.99. The van der Waals surface area contributed by atoms with Gasteiger partial charge in [-0.25, -0.2) is 4.98 Å². The summed E-state index contributed by atoms with van der Waals surface area (Å²) in [5.41, 5.74) is 2.84. The standard InChI is InChI=1S/C20H13N3O2/c24-17-8-7-13-4-1-2-6-15(13)18(17)19-22-16-9-11-25-20(16)23(19)14-5-3-10-21-12-14/h1-12,24H. The van der Waals surface area contributed by atoms with Crippen LogP contribution in [0.4, 0.5) is 0 Å². The van der Waals surface area contributed by atoms with Gasteiger partial charge in [0.2, 0.25) is 5.71 Å². The van der Waals surface area contributed by atoms with Crippen molar-refractivity contribution in [2.75, 3.05) is 0 Å². The number of rotatable bonds is 2. The summed E-state index contributed by atoms with van der Waals surface area (Å²) in [4.78, 5) is 8.91. The number of hydrogen-bond acceptors (Lipinski definition) is 4. The molecule has 0 spiro atoms. The zero-order valence-electron chi connectivity index (χ0n) is 13.1. The molecule has 3 aromatic heterocycles. The summed E-state index contributed by atoms with van der Waals surface area (Å²) in [5, 5.41) is 12.6. The van der Waals surface area contributed by atoms with Crippen LogP contribution < -0.4 is 0 Å². The van der Waals surface area contributed by atoms with E-state index in [1.54, 1.807) is 24.7 Å². The number of aromatic nitrogens is 3. The van der Waals surface area contributed by atoms with Crippen molar-refractivity contribution in [3.05, 3.63) is 73.3 Å². The lowest BCUT2D eigenvalue weighted by atomic mass is 10.0. The second kappa shape index (κ2) is 5.21. The third kappa shape index (κ3) is 2.03. The molecular formula is C20H13N3O2. The minimum absolute atomic E-state index is 0.177. The Morgan fingerprint density at radius 3 is 2.76 bits per heavy atom. The minimum atomic E-state index is 0.177. The second-order valence-electron chi connectivity index (χ2n) is 5.77. The van der Waals surface area contributed by atoms with Crippen LogP contribution in [0.3, 0.4) is 0 Å². The fourth-order valence-electron chi connectivity index (χ4n) is 3.20. The molecule has 0 aliphatic carbocycles. The number of hydrogen-bond donors (Lipinski definition) is 1. The number of benzene rings is 2. The van der Waals surface area contributed by atoms with Gasteiger partial charge in [0.1, 0.15) is 11.3 Å². The molecule has 0 bridgehead atoms. The predicted molar refractivity (Wildman–Crippen MR) is 95.7 cm³/mol. The third-order valence-corrected chi connectivity index (χ3v) is 4.30. The largest absolute Gasteiger partial charge is 0.507 e. The van der Waals surface area contributed by atoms with Crippen molar-refractivity contribution >= 4 is 22.0 Å². The number of fused-ring (bicyclic) bond motifs is 2. The maximum absolute atomic E-state index is 10.6. The summed E-state index contributed by atoms with van der Waals surface area (Å²) in [7, 11) is 0. The van der Waals surface area contributed by atoms with Crippen LogP contribution >= 0.6 is 0 Å². The molecule has 0 atom stereocenters. The Hall–Kier alpha value is -3.60. The summed E-state index contributed by atoms with van der Waals surface area (Å²) in [5.74, 6) is 0.799. The van der Waals surface area contributed by atoms with Crippen LogP contribution in [0.5, 0.6) is 5.75 Å². The first-order chi connectivity index (χ1) is 12.3. The summed E-state index contributed by atoms with van der Waals surface area (Å²) in [6.45, 7) is 0. The molecular weight excluding hydrogens is 314 g/mol. The van der Waals surface area contributed by atoms with E-state index < -0.39 is 0 Å². The van der Waals surface area contributed by atoms with Crippen molar-refractivity contribution in [1.29, 1.82) is 0 Å². The number of furan rings is 1. The highest BCUT2D eigenvalue weighted by Crippen LogP contribution is 2.38. The molecule has 0 radical (unpaired) electrons. The molecule has 0 unspecified atom stereocenters. The Morgan fingerprint density at radius 1 is 0.960 bits per heavy atom. The van der Waals surface area contributed by atoms with Gasteiger partial charge in [0, 0.05) is 12.3 Å². The third-order valence-electron chi connectivity index (χ3n) is 4.30. The first-order valence-corrected chi connectivity index (χ1v) is 7.90. The molecule has 0 aliphatic heterocycles. The average molecular weight is 327 g/mol. The predicted octanol–water partition coefficient (Wildman–Crippen LogP) is 4.54. The Kier molecular flexibility index (Phi) is 2.87. The molecule has 5 heteroatoms. The maximum Gasteiger partial charge on any atom is 0.231 e. The fraction of sp³-hybridized carbons (Fsp3) is 0. The first kappa shape index (κ1) is 13.8. The molecule has 1 N–H and O–H groups in total. The molecule has 3 heterocycles. The summed E-state index contributed by atoms with van der Waals surface area (Å²) >= 11 is 0. The van der Waals surface area contributed by atoms with Crippen molar-refractivity contribution in [2.45, 2.75) is 0 Å². The van der Waals surface area contributed by atoms with Crippen LogP contribution in [0.25, 0.3) is 39.1 Å². The van der Waals surface area contributed by atoms with Gasteiger partial charge in [-0.3, -0.25) is 9.55 Å². The number of nitrogens with zero attached hydrogens (tertiary/aromatic N) is 3. The maximum atomic E-state index is 10.6. The van der Waals surface area contributed by atoms with E-state index in [4.69, 9.17) is 9.40 Å². The second-order valence-corrected chi connectivity index (χ2v) is 5.77. The number of pyridine rings is 1. The first-order valence-electron chi connectivity index (χ1n) is 7.90. The lowest BCUT2D eigenvalue weighted by molar-refractivity contribution is 0.477. The van der Waals surface area contributed by atoms with Gasteiger partial charge in [-0.05, 0) is 29.0 Å². The molecule has 0 amide bonds. The average Bonchev–Trinajstić information content (AvgIpc) is 3.23. The van der Waals surface area contributed by atoms with Gasteiger partial charge in [0.25, 0.3) is 0 Å². The summed E-state index contributed by atoms with van der Waals surface area (Å²) in [6, 6.07) is 17.1. The van der Waals surface area contributed by atoms with E-state index in [2.05, 4.69) is 4.98 Å². The monoisotopic (exact) mass is 327 g/mol. The lowest BCUT2D eigenvalue weighted by Crippen LogP contribution is -1.98. The van der Waals surface area contributed by atoms with Gasteiger partial charge in [0.05, 0.1) is 23.7 Å². The van der Waals surface area contributed by atoms with Crippen molar-refractivity contribution in [2.24, 2.45) is 0 Å². The van der Waals surface area contributed by atoms with Gasteiger partial charge < -0.3 is 9.52 Å². The smallest absolute Gasteiger partial charge is 0.231 e. The van der Waals surface area contributed by atoms with E-state index in [9.17, 15) is 5.11 Å². The number of imidazole rings is 1. The normalized spacial score (nSPS) is 11.4. The van der Waals surface area contributed by atoms with E-state index in [0.29, 0.717) is 17.1 Å². The molecule has 0 saturated carbocycles. The lowest BCUT2D eigenvalue weighted by Gasteiger charge is -2.11. The molecule has 25 heavy (non-hydrogen) atoms. The van der Waals surface area contributed by atoms with Crippen LogP contribution in [0, 0.1) is 0 Å². The van der Waals surface area contributed by atoms with Crippen molar-refractivity contribution in [3.8, 4) is 22.8 Å². The Bertz CT molecular complexity index is 1210. The van der Waals surface area contributed by atoms with Crippen LogP contribution in [-0.4, -0.2) is 19.6 Å². The molecule has 0 fully saturated rings. The van der Waals surface area contributed by atoms with E-state index >= 15 is 0 Å². The van der Waals surface area contributed by atoms with E-state index in [-0.39, 0.29) is 5.75 Å². The number of aromatic hydroxyl groups is 1. The molecule has 0 saturated heterocycles. The number of phenolic OH excluding ortho intramolecular Hbond substituents is 1. The van der Waals surface area contributed by atoms with Crippen molar-refractivity contribution < 1.29 is 9.52 Å². The highest BCUT2D eigenvalue weighted by atomic mass is 16.3. The van der Waals surface area contributed by atoms with Gasteiger partial charge in [-0.1, -0.05) is 30.3 Å². The summed E-state index contributed by atoms with van der Waals surface area (Å²) < 4.78 is 7.53. The molecule has 2 aromatic carbocycles. The van der Waals surface area contributed by atoms with Crippen LogP contribution in [0.15, 0.2) is 77.7 Å². The SMILES string of the molecule is Oc1ccc2ccccc2c1-c1nc2ccoc2n1-c1cccnc1.